The van der Waals surface area contributed by atoms with Crippen molar-refractivity contribution in [1.82, 2.24) is 0 Å². The highest BCUT2D eigenvalue weighted by atomic mass is 16.8. The molecule has 0 spiro atoms. The van der Waals surface area contributed by atoms with Crippen molar-refractivity contribution in [2.75, 3.05) is 27.4 Å². The van der Waals surface area contributed by atoms with E-state index in [1.807, 2.05) is 0 Å². The third-order valence-electron chi connectivity index (χ3n) is 7.29. The van der Waals surface area contributed by atoms with Crippen LogP contribution in [0.3, 0.4) is 0 Å². The van der Waals surface area contributed by atoms with E-state index < -0.39 is 129 Å². The van der Waals surface area contributed by atoms with Gasteiger partial charge < -0.3 is 78.0 Å². The molecule has 20 nitrogen and oxygen atoms in total. The summed E-state index contributed by atoms with van der Waals surface area (Å²) in [7, 11) is 2.14. The Balaban J connectivity index is 1.99. The number of methoxy groups -OCH3 is 2. The van der Waals surface area contributed by atoms with Gasteiger partial charge in [0.25, 0.3) is 0 Å². The Kier molecular flexibility index (Phi) is 13.6. The molecular formula is C26H40O20. The summed E-state index contributed by atoms with van der Waals surface area (Å²) in [6, 6.07) is 0. The Morgan fingerprint density at radius 2 is 1.00 bits per heavy atom. The minimum Gasteiger partial charge on any atom is -0.467 e. The van der Waals surface area contributed by atoms with Gasteiger partial charge >= 0.3 is 23.9 Å². The normalized spacial score (nSPS) is 41.2. The van der Waals surface area contributed by atoms with E-state index in [1.165, 1.54) is 7.11 Å². The number of rotatable bonds is 11. The number of aliphatic hydroxyl groups excluding tert-OH is 6. The summed E-state index contributed by atoms with van der Waals surface area (Å²) in [5.41, 5.74) is 0. The van der Waals surface area contributed by atoms with E-state index in [2.05, 4.69) is 0 Å². The number of aliphatic hydroxyl groups is 6. The van der Waals surface area contributed by atoms with Gasteiger partial charge in [0.15, 0.2) is 43.3 Å². The zero-order chi connectivity index (χ0) is 34.5. The van der Waals surface area contributed by atoms with Crippen LogP contribution in [0, 0.1) is 0 Å². The summed E-state index contributed by atoms with van der Waals surface area (Å²) in [6.07, 6.45) is -26.0. The Bertz CT molecular complexity index is 1040. The molecular weight excluding hydrogens is 632 g/mol. The van der Waals surface area contributed by atoms with Gasteiger partial charge in [-0.05, 0) is 0 Å². The molecule has 0 aromatic carbocycles. The van der Waals surface area contributed by atoms with E-state index in [9.17, 15) is 49.8 Å². The van der Waals surface area contributed by atoms with Crippen LogP contribution in [0.1, 0.15) is 20.8 Å². The number of hydrogen-bond acceptors (Lipinski definition) is 20. The lowest BCUT2D eigenvalue weighted by Gasteiger charge is -2.48. The lowest BCUT2D eigenvalue weighted by Crippen LogP contribution is -2.68. The van der Waals surface area contributed by atoms with Gasteiger partial charge in [-0.3, -0.25) is 14.4 Å². The van der Waals surface area contributed by atoms with Crippen LogP contribution in [0.5, 0.6) is 0 Å². The van der Waals surface area contributed by atoms with Crippen LogP contribution >= 0.6 is 0 Å². The maximum absolute atomic E-state index is 12.7. The highest BCUT2D eigenvalue weighted by molar-refractivity contribution is 5.77. The summed E-state index contributed by atoms with van der Waals surface area (Å²) in [4.78, 5) is 48.8. The molecule has 20 heteroatoms. The molecule has 3 saturated heterocycles. The highest BCUT2D eigenvalue weighted by Crippen LogP contribution is 2.35. The lowest BCUT2D eigenvalue weighted by molar-refractivity contribution is -0.378. The molecule has 0 saturated carbocycles. The summed E-state index contributed by atoms with van der Waals surface area (Å²) >= 11 is 0. The Morgan fingerprint density at radius 3 is 1.46 bits per heavy atom. The minimum atomic E-state index is -2.04. The van der Waals surface area contributed by atoms with Crippen molar-refractivity contribution in [3.63, 3.8) is 0 Å². The van der Waals surface area contributed by atoms with Crippen LogP contribution in [0.15, 0.2) is 0 Å². The summed E-state index contributed by atoms with van der Waals surface area (Å²) in [5.74, 6) is -4.03. The third-order valence-corrected chi connectivity index (χ3v) is 7.29. The summed E-state index contributed by atoms with van der Waals surface area (Å²) < 4.78 is 53.4. The second-order valence-electron chi connectivity index (χ2n) is 10.5. The maximum Gasteiger partial charge on any atom is 0.339 e. The van der Waals surface area contributed by atoms with Gasteiger partial charge in [0, 0.05) is 27.9 Å². The topological polar surface area (TPSA) is 282 Å². The van der Waals surface area contributed by atoms with Crippen molar-refractivity contribution in [2.24, 2.45) is 0 Å². The fraction of sp³-hybridized carbons (Fsp3) is 0.846. The van der Waals surface area contributed by atoms with E-state index in [1.54, 1.807) is 0 Å². The van der Waals surface area contributed by atoms with Crippen LogP contribution < -0.4 is 0 Å². The third kappa shape index (κ3) is 8.45. The fourth-order valence-electron chi connectivity index (χ4n) is 5.23. The van der Waals surface area contributed by atoms with Gasteiger partial charge in [0.1, 0.15) is 48.8 Å². The van der Waals surface area contributed by atoms with Gasteiger partial charge in [-0.1, -0.05) is 0 Å². The number of esters is 4. The molecule has 264 valence electrons. The first kappa shape index (κ1) is 37.9. The van der Waals surface area contributed by atoms with Crippen molar-refractivity contribution < 1.29 is 97.2 Å². The van der Waals surface area contributed by atoms with E-state index in [0.717, 1.165) is 27.9 Å². The van der Waals surface area contributed by atoms with Gasteiger partial charge in [-0.15, -0.1) is 0 Å². The molecule has 0 aromatic rings. The molecule has 3 aliphatic rings. The van der Waals surface area contributed by atoms with Crippen LogP contribution in [-0.2, 0) is 66.5 Å². The van der Waals surface area contributed by atoms with Crippen molar-refractivity contribution in [2.45, 2.75) is 113 Å². The van der Waals surface area contributed by atoms with Crippen molar-refractivity contribution >= 4 is 23.9 Å². The Morgan fingerprint density at radius 1 is 0.565 bits per heavy atom. The van der Waals surface area contributed by atoms with Crippen molar-refractivity contribution in [3.8, 4) is 0 Å². The zero-order valence-corrected chi connectivity index (χ0v) is 25.5. The molecule has 0 radical (unpaired) electrons. The molecule has 15 atom stereocenters. The second-order valence-corrected chi connectivity index (χ2v) is 10.5. The largest absolute Gasteiger partial charge is 0.467 e. The monoisotopic (exact) mass is 672 g/mol. The molecule has 0 amide bonds. The molecule has 3 fully saturated rings. The molecule has 3 rings (SSSR count). The molecule has 0 unspecified atom stereocenters. The average Bonchev–Trinajstić information content (AvgIpc) is 2.99. The molecule has 0 aliphatic carbocycles. The predicted molar refractivity (Wildman–Crippen MR) is 140 cm³/mol. The maximum atomic E-state index is 12.7. The fourth-order valence-corrected chi connectivity index (χ4v) is 5.23. The molecule has 0 aromatic heterocycles. The molecule has 46 heavy (non-hydrogen) atoms. The molecule has 6 N–H and O–H groups in total. The van der Waals surface area contributed by atoms with Crippen molar-refractivity contribution in [3.05, 3.63) is 0 Å². The predicted octanol–water partition coefficient (Wildman–Crippen LogP) is -5.03. The van der Waals surface area contributed by atoms with E-state index >= 15 is 0 Å². The number of ether oxygens (including phenoxy) is 10. The second kappa shape index (κ2) is 16.5. The lowest BCUT2D eigenvalue weighted by atomic mass is 9.95. The van der Waals surface area contributed by atoms with Gasteiger partial charge in [0.2, 0.25) is 0 Å². The first-order valence-corrected chi connectivity index (χ1v) is 14.0. The first-order valence-electron chi connectivity index (χ1n) is 14.0. The average molecular weight is 673 g/mol. The van der Waals surface area contributed by atoms with Crippen LogP contribution in [-0.4, -0.2) is 174 Å². The van der Waals surface area contributed by atoms with E-state index in [-0.39, 0.29) is 0 Å². The first-order chi connectivity index (χ1) is 21.7. The molecule has 3 aliphatic heterocycles. The van der Waals surface area contributed by atoms with Crippen LogP contribution in [0.2, 0.25) is 0 Å². The molecule has 3 heterocycles. The van der Waals surface area contributed by atoms with Gasteiger partial charge in [-0.2, -0.15) is 0 Å². The minimum absolute atomic E-state index is 0.721. The van der Waals surface area contributed by atoms with Crippen molar-refractivity contribution in [1.29, 1.82) is 0 Å². The quantitative estimate of drug-likeness (QED) is 0.0884. The summed E-state index contributed by atoms with van der Waals surface area (Å²) in [6.45, 7) is 1.32. The van der Waals surface area contributed by atoms with Gasteiger partial charge in [-0.25, -0.2) is 4.79 Å². The zero-order valence-electron chi connectivity index (χ0n) is 25.5. The smallest absolute Gasteiger partial charge is 0.339 e. The van der Waals surface area contributed by atoms with Crippen LogP contribution in [0.4, 0.5) is 0 Å². The summed E-state index contributed by atoms with van der Waals surface area (Å²) in [5, 5.41) is 63.1. The Labute approximate surface area is 261 Å². The van der Waals surface area contributed by atoms with E-state index in [0.29, 0.717) is 0 Å². The van der Waals surface area contributed by atoms with Crippen LogP contribution in [0.25, 0.3) is 0 Å². The Hall–Kier alpha value is -2.60. The number of carbonyl (C=O) groups excluding carboxylic acids is 4. The molecule has 0 bridgehead atoms. The SMILES string of the molecule is COC(=O)[C@H]1O[C@@H](O[C@H]2[C@@H](O)[C@@H](CO)O[C@H](O[C@@H]3[C@H](O)[C@@H](OC)O[C@H](CO)[C@H]3O)[C@@H]2O)[C@H](OC(C)=O)[C@@H](OC(C)=O)[C@@H]1OC(C)=O. The number of hydrogen-bond donors (Lipinski definition) is 6. The highest BCUT2D eigenvalue weighted by Gasteiger charge is 2.58. The van der Waals surface area contributed by atoms with E-state index in [4.69, 9.17) is 47.4 Å². The standard InChI is InChI=1S/C26H40O20/c1-8(29)39-19-20(40-9(2)30)22(41-10(3)31)26(46-21(19)23(36)37-4)45-18-14(33)12(7-28)43-25(16(18)35)44-17-13(32)11(6-27)42-24(38-5)15(17)34/h11-22,24-28,32-35H,6-7H2,1-5H3/t11-,12-,13-,14+,15+,16-,17+,18+,19+,20+,21+,22-,24+,25-,26-/m1/s1. The number of carbonyl (C=O) groups is 4. The van der Waals surface area contributed by atoms with Gasteiger partial charge in [0.05, 0.1) is 20.3 Å².